The number of rotatable bonds is 8. The Bertz CT molecular complexity index is 576. The van der Waals surface area contributed by atoms with E-state index in [0.717, 1.165) is 17.7 Å². The van der Waals surface area contributed by atoms with Crippen LogP contribution in [-0.2, 0) is 14.3 Å². The molecule has 1 aliphatic carbocycles. The molecule has 0 N–H and O–H groups in total. The molecule has 0 bridgehead atoms. The van der Waals surface area contributed by atoms with Gasteiger partial charge in [-0.15, -0.1) is 11.8 Å². The lowest BCUT2D eigenvalue weighted by atomic mass is 9.94. The molecular formula is C19H26ClNO3S. The van der Waals surface area contributed by atoms with Crippen LogP contribution in [0.15, 0.2) is 29.2 Å². The van der Waals surface area contributed by atoms with Gasteiger partial charge in [-0.25, -0.2) is 0 Å². The van der Waals surface area contributed by atoms with Crippen molar-refractivity contribution in [2.24, 2.45) is 0 Å². The third-order valence-corrected chi connectivity index (χ3v) is 5.95. The minimum Gasteiger partial charge on any atom is -0.456 e. The number of esters is 1. The van der Waals surface area contributed by atoms with Gasteiger partial charge in [0.25, 0.3) is 5.91 Å². The van der Waals surface area contributed by atoms with E-state index in [2.05, 4.69) is 0 Å². The maximum Gasteiger partial charge on any atom is 0.307 e. The molecule has 0 saturated heterocycles. The molecule has 1 saturated carbocycles. The minimum absolute atomic E-state index is 0.0819. The van der Waals surface area contributed by atoms with E-state index in [-0.39, 0.29) is 24.9 Å². The quantitative estimate of drug-likeness (QED) is 0.488. The van der Waals surface area contributed by atoms with Crippen LogP contribution in [0.1, 0.15) is 45.4 Å². The normalized spacial score (nSPS) is 15.0. The number of hydrogen-bond acceptors (Lipinski definition) is 4. The van der Waals surface area contributed by atoms with Crippen LogP contribution in [0.3, 0.4) is 0 Å². The summed E-state index contributed by atoms with van der Waals surface area (Å²) in [5.74, 6) is 0.158. The number of likely N-dealkylation sites (N-methyl/N-ethyl adjacent to an activating group) is 1. The number of halogens is 1. The third kappa shape index (κ3) is 6.55. The summed E-state index contributed by atoms with van der Waals surface area (Å²) in [4.78, 5) is 27.0. The van der Waals surface area contributed by atoms with Gasteiger partial charge in [0.15, 0.2) is 6.61 Å². The van der Waals surface area contributed by atoms with Crippen LogP contribution in [0.5, 0.6) is 0 Å². The van der Waals surface area contributed by atoms with Crippen LogP contribution in [0.4, 0.5) is 0 Å². The Balaban J connectivity index is 1.69. The molecule has 138 valence electrons. The van der Waals surface area contributed by atoms with E-state index in [9.17, 15) is 9.59 Å². The summed E-state index contributed by atoms with van der Waals surface area (Å²) in [7, 11) is 0. The highest BCUT2D eigenvalue weighted by atomic mass is 35.5. The van der Waals surface area contributed by atoms with E-state index in [1.165, 1.54) is 31.0 Å². The van der Waals surface area contributed by atoms with Gasteiger partial charge < -0.3 is 9.64 Å². The van der Waals surface area contributed by atoms with Crippen LogP contribution >= 0.6 is 23.4 Å². The number of nitrogens with zero attached hydrogens (tertiary/aromatic N) is 1. The molecule has 25 heavy (non-hydrogen) atoms. The highest BCUT2D eigenvalue weighted by Gasteiger charge is 2.24. The molecule has 0 aromatic heterocycles. The zero-order chi connectivity index (χ0) is 18.1. The van der Waals surface area contributed by atoms with Crippen molar-refractivity contribution < 1.29 is 14.3 Å². The number of carbonyl (C=O) groups excluding carboxylic acids is 2. The van der Waals surface area contributed by atoms with E-state index >= 15 is 0 Å². The highest BCUT2D eigenvalue weighted by molar-refractivity contribution is 7.99. The van der Waals surface area contributed by atoms with Gasteiger partial charge in [0, 0.05) is 23.2 Å². The maximum atomic E-state index is 12.3. The Labute approximate surface area is 159 Å². The van der Waals surface area contributed by atoms with Gasteiger partial charge in [-0.1, -0.05) is 43.0 Å². The number of ether oxygens (including phenoxy) is 1. The number of carbonyl (C=O) groups is 2. The molecule has 2 rings (SSSR count). The Morgan fingerprint density at radius 2 is 1.96 bits per heavy atom. The van der Waals surface area contributed by atoms with Gasteiger partial charge in [0.05, 0.1) is 11.4 Å². The fourth-order valence-electron chi connectivity index (χ4n) is 3.13. The molecule has 0 atom stereocenters. The number of thioether (sulfide) groups is 1. The lowest BCUT2D eigenvalue weighted by Gasteiger charge is -2.33. The second-order valence-electron chi connectivity index (χ2n) is 6.16. The Morgan fingerprint density at radius 1 is 1.24 bits per heavy atom. The zero-order valence-electron chi connectivity index (χ0n) is 14.7. The van der Waals surface area contributed by atoms with E-state index in [1.54, 1.807) is 0 Å². The predicted octanol–water partition coefficient (Wildman–Crippen LogP) is 4.55. The molecule has 6 heteroatoms. The summed E-state index contributed by atoms with van der Waals surface area (Å²) < 4.78 is 5.17. The van der Waals surface area contributed by atoms with E-state index in [1.807, 2.05) is 36.1 Å². The van der Waals surface area contributed by atoms with E-state index < -0.39 is 0 Å². The predicted molar refractivity (Wildman–Crippen MR) is 102 cm³/mol. The first-order valence-electron chi connectivity index (χ1n) is 8.94. The fraction of sp³-hybridized carbons (Fsp3) is 0.579. The minimum atomic E-state index is -0.340. The summed E-state index contributed by atoms with van der Waals surface area (Å²) >= 11 is 7.59. The Hall–Kier alpha value is -1.20. The maximum absolute atomic E-state index is 12.3. The van der Waals surface area contributed by atoms with E-state index in [4.69, 9.17) is 16.3 Å². The molecule has 0 heterocycles. The molecule has 1 fully saturated rings. The third-order valence-electron chi connectivity index (χ3n) is 4.43. The van der Waals surface area contributed by atoms with Gasteiger partial charge in [-0.05, 0) is 31.9 Å². The van der Waals surface area contributed by atoms with Crippen LogP contribution in [0.25, 0.3) is 0 Å². The van der Waals surface area contributed by atoms with Crippen LogP contribution in [0.2, 0.25) is 5.02 Å². The molecule has 4 nitrogen and oxygen atoms in total. The number of amides is 1. The van der Waals surface area contributed by atoms with Crippen molar-refractivity contribution in [1.82, 2.24) is 4.90 Å². The monoisotopic (exact) mass is 383 g/mol. The van der Waals surface area contributed by atoms with Crippen molar-refractivity contribution in [3.8, 4) is 0 Å². The molecular weight excluding hydrogens is 358 g/mol. The Kier molecular flexibility index (Phi) is 8.62. The summed E-state index contributed by atoms with van der Waals surface area (Å²) in [6.07, 6.45) is 5.98. The van der Waals surface area contributed by atoms with Gasteiger partial charge in [-0.3, -0.25) is 9.59 Å². The first-order chi connectivity index (χ1) is 12.1. The molecule has 1 aromatic rings. The van der Waals surface area contributed by atoms with Gasteiger partial charge >= 0.3 is 5.97 Å². The van der Waals surface area contributed by atoms with E-state index in [0.29, 0.717) is 23.4 Å². The van der Waals surface area contributed by atoms with Crippen LogP contribution in [-0.4, -0.2) is 41.7 Å². The fourth-order valence-corrected chi connectivity index (χ4v) is 4.30. The van der Waals surface area contributed by atoms with Crippen molar-refractivity contribution in [3.05, 3.63) is 29.3 Å². The molecule has 0 aliphatic heterocycles. The highest BCUT2D eigenvalue weighted by Crippen LogP contribution is 2.27. The van der Waals surface area contributed by atoms with Gasteiger partial charge in [0.2, 0.25) is 0 Å². The van der Waals surface area contributed by atoms with Crippen molar-refractivity contribution >= 4 is 35.2 Å². The Morgan fingerprint density at radius 3 is 2.64 bits per heavy atom. The average Bonchev–Trinajstić information content (AvgIpc) is 2.63. The average molecular weight is 384 g/mol. The summed E-state index contributed by atoms with van der Waals surface area (Å²) in [5.41, 5.74) is 0. The largest absolute Gasteiger partial charge is 0.456 e. The lowest BCUT2D eigenvalue weighted by Crippen LogP contribution is -2.43. The zero-order valence-corrected chi connectivity index (χ0v) is 16.3. The summed E-state index contributed by atoms with van der Waals surface area (Å²) in [5, 5.41) is 0.683. The molecule has 0 spiro atoms. The van der Waals surface area contributed by atoms with Crippen LogP contribution in [0, 0.1) is 0 Å². The van der Waals surface area contributed by atoms with Gasteiger partial charge in [-0.2, -0.15) is 0 Å². The molecule has 0 radical (unpaired) electrons. The molecule has 0 unspecified atom stereocenters. The first-order valence-corrected chi connectivity index (χ1v) is 10.3. The second kappa shape index (κ2) is 10.7. The summed E-state index contributed by atoms with van der Waals surface area (Å²) in [6, 6.07) is 7.84. The molecule has 1 aliphatic rings. The topological polar surface area (TPSA) is 46.6 Å². The van der Waals surface area contributed by atoms with Crippen molar-refractivity contribution in [2.75, 3.05) is 18.9 Å². The van der Waals surface area contributed by atoms with Crippen molar-refractivity contribution in [3.63, 3.8) is 0 Å². The standard InChI is InChI=1S/C19H26ClNO3S/c1-2-21(15-8-4-3-5-9-15)18(22)14-24-19(23)12-13-25-17-11-7-6-10-16(17)20/h6-7,10-11,15H,2-5,8-9,12-14H2,1H3. The SMILES string of the molecule is CCN(C(=O)COC(=O)CCSc1ccccc1Cl)C1CCCCC1. The number of hydrogen-bond donors (Lipinski definition) is 0. The molecule has 1 amide bonds. The first kappa shape index (κ1) is 20.1. The van der Waals surface area contributed by atoms with Crippen molar-refractivity contribution in [2.45, 2.75) is 56.4 Å². The van der Waals surface area contributed by atoms with Crippen LogP contribution < -0.4 is 0 Å². The lowest BCUT2D eigenvalue weighted by molar-refractivity contribution is -0.152. The van der Waals surface area contributed by atoms with Gasteiger partial charge in [0.1, 0.15) is 0 Å². The summed E-state index contributed by atoms with van der Waals surface area (Å²) in [6.45, 7) is 2.50. The molecule has 1 aromatic carbocycles. The smallest absolute Gasteiger partial charge is 0.307 e. The van der Waals surface area contributed by atoms with Crippen molar-refractivity contribution in [1.29, 1.82) is 0 Å². The number of benzene rings is 1. The second-order valence-corrected chi connectivity index (χ2v) is 7.71.